The zero-order valence-electron chi connectivity index (χ0n) is 24.6. The third-order valence-electron chi connectivity index (χ3n) is 7.63. The lowest BCUT2D eigenvalue weighted by Crippen LogP contribution is -2.18. The van der Waals surface area contributed by atoms with E-state index in [4.69, 9.17) is 14.8 Å². The maximum atomic E-state index is 12.5. The number of benzene rings is 4. The van der Waals surface area contributed by atoms with Gasteiger partial charge in [0.15, 0.2) is 0 Å². The van der Waals surface area contributed by atoms with Crippen LogP contribution in [0.25, 0.3) is 11.3 Å². The average molecular weight is 603 g/mol. The number of non-ortho nitro benzene ring substituents is 1. The number of aromatic nitrogens is 1. The van der Waals surface area contributed by atoms with E-state index in [9.17, 15) is 14.9 Å². The fraction of sp³-hybridized carbons (Fsp3) is 0.171. The van der Waals surface area contributed by atoms with Gasteiger partial charge in [0.2, 0.25) is 5.13 Å². The molecule has 0 fully saturated rings. The maximum absolute atomic E-state index is 12.5. The van der Waals surface area contributed by atoms with Crippen LogP contribution >= 0.6 is 11.3 Å². The molecule has 6 rings (SSSR count). The maximum Gasteiger partial charge on any atom is 0.343 e. The van der Waals surface area contributed by atoms with Crippen molar-refractivity contribution in [1.29, 1.82) is 0 Å². The number of carbonyl (C=O) groups excluding carboxylic acids is 1. The zero-order valence-corrected chi connectivity index (χ0v) is 25.4. The number of carbonyl (C=O) groups is 1. The molecule has 0 amide bonds. The number of nitrogens with zero attached hydrogens (tertiary/aromatic N) is 4. The van der Waals surface area contributed by atoms with E-state index in [1.165, 1.54) is 6.07 Å². The van der Waals surface area contributed by atoms with Crippen LogP contribution in [0, 0.1) is 24.0 Å². The van der Waals surface area contributed by atoms with E-state index >= 15 is 0 Å². The van der Waals surface area contributed by atoms with Crippen LogP contribution in [0.15, 0.2) is 102 Å². The van der Waals surface area contributed by atoms with Gasteiger partial charge in [-0.1, -0.05) is 66.3 Å². The van der Waals surface area contributed by atoms with Crippen molar-refractivity contribution < 1.29 is 14.5 Å². The van der Waals surface area contributed by atoms with E-state index in [0.29, 0.717) is 22.9 Å². The number of ether oxygens (including phenoxy) is 1. The number of hydrogen-bond acceptors (Lipinski definition) is 8. The number of aryl methyl sites for hydroxylation is 3. The number of nitro groups is 1. The SMILES string of the molecule is CCc1sc(N2N=C(c3cc(C)ccc3C)CC2c2cccc([N+](=O)[O-])c2)nc1-c1ccc(OC(=O)c2ccccc2)cc1. The summed E-state index contributed by atoms with van der Waals surface area (Å²) < 4.78 is 5.57. The Hall–Kier alpha value is -5.15. The molecule has 1 atom stereocenters. The smallest absolute Gasteiger partial charge is 0.343 e. The van der Waals surface area contributed by atoms with Gasteiger partial charge in [0.1, 0.15) is 5.75 Å². The van der Waals surface area contributed by atoms with E-state index < -0.39 is 5.97 Å². The molecule has 1 unspecified atom stereocenters. The van der Waals surface area contributed by atoms with Gasteiger partial charge in [0, 0.05) is 34.6 Å². The largest absolute Gasteiger partial charge is 0.423 e. The van der Waals surface area contributed by atoms with Gasteiger partial charge in [-0.2, -0.15) is 5.10 Å². The summed E-state index contributed by atoms with van der Waals surface area (Å²) in [5, 5.41) is 19.3. The highest BCUT2D eigenvalue weighted by Crippen LogP contribution is 2.42. The van der Waals surface area contributed by atoms with Crippen molar-refractivity contribution in [3.8, 4) is 17.0 Å². The molecule has 1 aliphatic heterocycles. The lowest BCUT2D eigenvalue weighted by molar-refractivity contribution is -0.384. The molecule has 0 bridgehead atoms. The molecule has 1 aromatic heterocycles. The van der Waals surface area contributed by atoms with Gasteiger partial charge in [-0.05, 0) is 73.9 Å². The highest BCUT2D eigenvalue weighted by molar-refractivity contribution is 7.16. The lowest BCUT2D eigenvalue weighted by atomic mass is 9.95. The van der Waals surface area contributed by atoms with Crippen molar-refractivity contribution in [3.05, 3.63) is 140 Å². The predicted octanol–water partition coefficient (Wildman–Crippen LogP) is 8.47. The monoisotopic (exact) mass is 602 g/mol. The van der Waals surface area contributed by atoms with Gasteiger partial charge in [-0.3, -0.25) is 10.1 Å². The van der Waals surface area contributed by atoms with Crippen molar-refractivity contribution >= 4 is 33.8 Å². The Balaban J connectivity index is 1.35. The Kier molecular flexibility index (Phi) is 8.04. The van der Waals surface area contributed by atoms with Crippen LogP contribution in [0.5, 0.6) is 5.75 Å². The molecule has 0 radical (unpaired) electrons. The Morgan fingerprint density at radius 3 is 2.50 bits per heavy atom. The van der Waals surface area contributed by atoms with Crippen molar-refractivity contribution in [1.82, 2.24) is 4.98 Å². The highest BCUT2D eigenvalue weighted by Gasteiger charge is 2.34. The van der Waals surface area contributed by atoms with Crippen molar-refractivity contribution in [2.24, 2.45) is 5.10 Å². The van der Waals surface area contributed by atoms with E-state index in [-0.39, 0.29) is 16.7 Å². The van der Waals surface area contributed by atoms with Gasteiger partial charge < -0.3 is 4.74 Å². The summed E-state index contributed by atoms with van der Waals surface area (Å²) in [5.74, 6) is 0.0337. The Bertz CT molecular complexity index is 1880. The summed E-state index contributed by atoms with van der Waals surface area (Å²) in [6.07, 6.45) is 1.35. The van der Waals surface area contributed by atoms with Gasteiger partial charge >= 0.3 is 5.97 Å². The molecule has 0 N–H and O–H groups in total. The number of nitro benzene ring substituents is 1. The van der Waals surface area contributed by atoms with E-state index in [2.05, 4.69) is 39.0 Å². The van der Waals surface area contributed by atoms with Crippen LogP contribution in [0.1, 0.15) is 56.9 Å². The molecule has 0 spiro atoms. The molecule has 8 nitrogen and oxygen atoms in total. The average Bonchev–Trinajstić information content (AvgIpc) is 3.68. The first-order chi connectivity index (χ1) is 21.3. The third-order valence-corrected chi connectivity index (χ3v) is 8.82. The quantitative estimate of drug-likeness (QED) is 0.0765. The van der Waals surface area contributed by atoms with E-state index in [1.54, 1.807) is 59.9 Å². The predicted molar refractivity (Wildman–Crippen MR) is 174 cm³/mol. The molecule has 0 aliphatic carbocycles. The molecule has 44 heavy (non-hydrogen) atoms. The Morgan fingerprint density at radius 2 is 1.77 bits per heavy atom. The van der Waals surface area contributed by atoms with Crippen LogP contribution in [0.2, 0.25) is 0 Å². The second-order valence-electron chi connectivity index (χ2n) is 10.7. The number of hydrazone groups is 1. The number of rotatable bonds is 8. The number of hydrogen-bond donors (Lipinski definition) is 0. The standard InChI is InChI=1S/C35H30N4O4S/c1-4-32-33(24-15-17-28(18-16-24)43-34(40)25-9-6-5-7-10-25)36-35(44-32)38-31(26-11-8-12-27(20-26)39(41)42)21-30(37-38)29-19-22(2)13-14-23(29)3/h5-20,31H,4,21H2,1-3H3. The first-order valence-corrected chi connectivity index (χ1v) is 15.2. The van der Waals surface area contributed by atoms with Crippen molar-refractivity contribution in [3.63, 3.8) is 0 Å². The second kappa shape index (κ2) is 12.2. The van der Waals surface area contributed by atoms with Crippen molar-refractivity contribution in [2.45, 2.75) is 39.7 Å². The minimum atomic E-state index is -0.415. The molecule has 220 valence electrons. The summed E-state index contributed by atoms with van der Waals surface area (Å²) in [7, 11) is 0. The summed E-state index contributed by atoms with van der Waals surface area (Å²) in [6, 6.07) is 29.0. The topological polar surface area (TPSA) is 97.9 Å². The summed E-state index contributed by atoms with van der Waals surface area (Å²) in [4.78, 5) is 29.9. The Labute approximate surface area is 259 Å². The minimum absolute atomic E-state index is 0.0461. The molecule has 5 aromatic rings. The minimum Gasteiger partial charge on any atom is -0.423 e. The van der Waals surface area contributed by atoms with Gasteiger partial charge in [-0.25, -0.2) is 14.8 Å². The fourth-order valence-electron chi connectivity index (χ4n) is 5.33. The summed E-state index contributed by atoms with van der Waals surface area (Å²) >= 11 is 1.57. The summed E-state index contributed by atoms with van der Waals surface area (Å²) in [5.41, 5.74) is 7.32. The fourth-order valence-corrected chi connectivity index (χ4v) is 6.35. The molecule has 0 saturated heterocycles. The number of esters is 1. The molecule has 1 aliphatic rings. The first-order valence-electron chi connectivity index (χ1n) is 14.4. The second-order valence-corrected chi connectivity index (χ2v) is 11.7. The molecule has 2 heterocycles. The molecule has 4 aromatic carbocycles. The number of thiazole rings is 1. The van der Waals surface area contributed by atoms with E-state index in [0.717, 1.165) is 50.5 Å². The molecule has 0 saturated carbocycles. The lowest BCUT2D eigenvalue weighted by Gasteiger charge is -2.21. The van der Waals surface area contributed by atoms with Gasteiger partial charge in [0.05, 0.1) is 27.9 Å². The first kappa shape index (κ1) is 28.9. The van der Waals surface area contributed by atoms with Crippen LogP contribution in [0.3, 0.4) is 0 Å². The van der Waals surface area contributed by atoms with Crippen LogP contribution in [-0.4, -0.2) is 21.6 Å². The number of anilines is 1. The zero-order chi connectivity index (χ0) is 30.8. The molecule has 9 heteroatoms. The van der Waals surface area contributed by atoms with Gasteiger partial charge in [-0.15, -0.1) is 0 Å². The third kappa shape index (κ3) is 5.87. The highest BCUT2D eigenvalue weighted by atomic mass is 32.1. The van der Waals surface area contributed by atoms with Gasteiger partial charge in [0.25, 0.3) is 5.69 Å². The normalized spacial score (nSPS) is 14.4. The van der Waals surface area contributed by atoms with Crippen LogP contribution in [0.4, 0.5) is 10.8 Å². The van der Waals surface area contributed by atoms with Crippen LogP contribution in [-0.2, 0) is 6.42 Å². The van der Waals surface area contributed by atoms with Crippen molar-refractivity contribution in [2.75, 3.05) is 5.01 Å². The van der Waals surface area contributed by atoms with Crippen LogP contribution < -0.4 is 9.75 Å². The molecular formula is C35H30N4O4S. The summed E-state index contributed by atoms with van der Waals surface area (Å²) in [6.45, 7) is 6.21. The molecular weight excluding hydrogens is 572 g/mol. The Morgan fingerprint density at radius 1 is 1.00 bits per heavy atom. The van der Waals surface area contributed by atoms with E-state index in [1.807, 2.05) is 29.3 Å².